The van der Waals surface area contributed by atoms with Gasteiger partial charge in [-0.1, -0.05) is 134 Å². The summed E-state index contributed by atoms with van der Waals surface area (Å²) in [7, 11) is -3.60. The summed E-state index contributed by atoms with van der Waals surface area (Å²) in [5, 5.41) is 0.208. The molecule has 0 radical (unpaired) electrons. The molecule has 1 aliphatic heterocycles. The van der Waals surface area contributed by atoms with Gasteiger partial charge in [0.15, 0.2) is 16.6 Å². The van der Waals surface area contributed by atoms with Gasteiger partial charge in [0, 0.05) is 19.2 Å². The minimum atomic E-state index is -1.86. The van der Waals surface area contributed by atoms with Crippen molar-refractivity contribution < 1.29 is 13.6 Å². The number of likely N-dealkylation sites (tertiary alicyclic amines) is 1. The maximum absolute atomic E-state index is 7.35. The SMILES string of the molecule is CC[Si](CC)(CC)O[C@@H]1[C@H](CCCCCCCCOCc2ccccc2)N(Cc2ccccc2)[C@H]1CO[Si](C)(C)C(C)(C)C. The van der Waals surface area contributed by atoms with Crippen LogP contribution < -0.4 is 0 Å². The molecule has 3 rings (SSSR count). The smallest absolute Gasteiger partial charge is 0.192 e. The van der Waals surface area contributed by atoms with Crippen LogP contribution in [0.15, 0.2) is 60.7 Å². The van der Waals surface area contributed by atoms with E-state index in [4.69, 9.17) is 13.6 Å². The first-order chi connectivity index (χ1) is 21.1. The molecule has 2 aromatic rings. The van der Waals surface area contributed by atoms with Gasteiger partial charge in [-0.3, -0.25) is 4.90 Å². The lowest BCUT2D eigenvalue weighted by atomic mass is 9.85. The van der Waals surface area contributed by atoms with Crippen molar-refractivity contribution in [3.63, 3.8) is 0 Å². The van der Waals surface area contributed by atoms with Gasteiger partial charge >= 0.3 is 0 Å². The third kappa shape index (κ3) is 10.9. The van der Waals surface area contributed by atoms with Crippen LogP contribution in [-0.2, 0) is 26.7 Å². The number of rotatable bonds is 21. The molecule has 1 heterocycles. The first-order valence-electron chi connectivity index (χ1n) is 17.8. The van der Waals surface area contributed by atoms with E-state index in [9.17, 15) is 0 Å². The second-order valence-corrected chi connectivity index (χ2v) is 24.2. The van der Waals surface area contributed by atoms with E-state index in [0.29, 0.717) is 12.1 Å². The Morgan fingerprint density at radius 1 is 0.705 bits per heavy atom. The van der Waals surface area contributed by atoms with E-state index >= 15 is 0 Å². The zero-order valence-electron chi connectivity index (χ0n) is 29.6. The van der Waals surface area contributed by atoms with Crippen molar-refractivity contribution in [2.75, 3.05) is 13.2 Å². The number of hydrogen-bond acceptors (Lipinski definition) is 4. The predicted molar refractivity (Wildman–Crippen MR) is 193 cm³/mol. The average Bonchev–Trinajstić information content (AvgIpc) is 3.01. The predicted octanol–water partition coefficient (Wildman–Crippen LogP) is 10.6. The fraction of sp³-hybridized carbons (Fsp3) is 0.684. The van der Waals surface area contributed by atoms with Crippen LogP contribution in [0, 0.1) is 0 Å². The summed E-state index contributed by atoms with van der Waals surface area (Å²) in [5.74, 6) is 0. The van der Waals surface area contributed by atoms with Crippen molar-refractivity contribution in [2.45, 2.75) is 154 Å². The van der Waals surface area contributed by atoms with Crippen LogP contribution in [0.5, 0.6) is 0 Å². The van der Waals surface area contributed by atoms with Gasteiger partial charge in [-0.25, -0.2) is 0 Å². The summed E-state index contributed by atoms with van der Waals surface area (Å²) < 4.78 is 20.1. The molecule has 0 N–H and O–H groups in total. The number of ether oxygens (including phenoxy) is 1. The van der Waals surface area contributed by atoms with E-state index in [-0.39, 0.29) is 11.1 Å². The summed E-state index contributed by atoms with van der Waals surface area (Å²) >= 11 is 0. The van der Waals surface area contributed by atoms with Crippen LogP contribution in [0.1, 0.15) is 97.6 Å². The monoisotopic (exact) mass is 639 g/mol. The van der Waals surface area contributed by atoms with Gasteiger partial charge in [-0.05, 0) is 60.2 Å². The van der Waals surface area contributed by atoms with E-state index in [1.54, 1.807) is 0 Å². The van der Waals surface area contributed by atoms with Gasteiger partial charge in [0.25, 0.3) is 0 Å². The van der Waals surface area contributed by atoms with Crippen molar-refractivity contribution in [1.82, 2.24) is 4.90 Å². The zero-order chi connectivity index (χ0) is 32.1. The summed E-state index contributed by atoms with van der Waals surface area (Å²) in [6, 6.07) is 25.9. The second kappa shape index (κ2) is 18.2. The fourth-order valence-electron chi connectivity index (χ4n) is 6.31. The Kier molecular flexibility index (Phi) is 15.3. The lowest BCUT2D eigenvalue weighted by Gasteiger charge is -2.58. The zero-order valence-corrected chi connectivity index (χ0v) is 31.6. The normalized spacial score (nSPS) is 19.7. The van der Waals surface area contributed by atoms with Crippen LogP contribution in [0.25, 0.3) is 0 Å². The highest BCUT2D eigenvalue weighted by molar-refractivity contribution is 6.74. The molecule has 1 aliphatic rings. The Bertz CT molecular complexity index is 1030. The summed E-state index contributed by atoms with van der Waals surface area (Å²) in [6.07, 6.45) is 9.11. The largest absolute Gasteiger partial charge is 0.415 e. The molecule has 0 bridgehead atoms. The molecular weight excluding hydrogens is 575 g/mol. The molecule has 0 saturated carbocycles. The van der Waals surface area contributed by atoms with Crippen LogP contribution in [0.3, 0.4) is 0 Å². The molecule has 6 heteroatoms. The Balaban J connectivity index is 1.58. The molecule has 0 amide bonds. The van der Waals surface area contributed by atoms with Gasteiger partial charge in [0.1, 0.15) is 0 Å². The van der Waals surface area contributed by atoms with Crippen molar-refractivity contribution in [3.05, 3.63) is 71.8 Å². The molecule has 1 fully saturated rings. The Hall–Kier alpha value is -1.29. The summed E-state index contributed by atoms with van der Waals surface area (Å²) in [6.45, 7) is 22.3. The Labute approximate surface area is 273 Å². The van der Waals surface area contributed by atoms with Crippen LogP contribution in [0.2, 0.25) is 36.3 Å². The first kappa shape index (κ1) is 37.2. The molecule has 0 spiro atoms. The summed E-state index contributed by atoms with van der Waals surface area (Å²) in [5.41, 5.74) is 2.66. The fourth-order valence-corrected chi connectivity index (χ4v) is 10.2. The second-order valence-electron chi connectivity index (χ2n) is 14.6. The highest BCUT2D eigenvalue weighted by Crippen LogP contribution is 2.41. The van der Waals surface area contributed by atoms with Crippen LogP contribution in [0.4, 0.5) is 0 Å². The highest BCUT2D eigenvalue weighted by atomic mass is 28.4. The molecule has 0 aromatic heterocycles. The van der Waals surface area contributed by atoms with E-state index in [2.05, 4.69) is 120 Å². The number of hydrogen-bond donors (Lipinski definition) is 0. The maximum atomic E-state index is 7.35. The molecular formula is C38H65NO3Si2. The number of nitrogens with zero attached hydrogens (tertiary/aromatic N) is 1. The standard InChI is InChI=1S/C38H65NO3Si2/c1-9-44(10-2,11-3)42-37-35(28-22-14-12-13-15-23-29-40-31-34-26-20-17-21-27-34)39(30-33-24-18-16-19-25-33)36(37)32-41-43(7,8)38(4,5)6/h16-21,24-27,35-37H,9-15,22-23,28-32H2,1-8H3/t35-,36-,37+/m0/s1. The topological polar surface area (TPSA) is 30.9 Å². The van der Waals surface area contributed by atoms with Crippen molar-refractivity contribution >= 4 is 16.6 Å². The number of benzene rings is 2. The van der Waals surface area contributed by atoms with Crippen molar-refractivity contribution in [1.29, 1.82) is 0 Å². The summed E-state index contributed by atoms with van der Waals surface area (Å²) in [4.78, 5) is 2.75. The van der Waals surface area contributed by atoms with E-state index in [0.717, 1.165) is 32.8 Å². The average molecular weight is 640 g/mol. The first-order valence-corrected chi connectivity index (χ1v) is 23.2. The quantitative estimate of drug-likeness (QED) is 0.100. The third-order valence-corrected chi connectivity index (χ3v) is 19.8. The van der Waals surface area contributed by atoms with Crippen molar-refractivity contribution in [3.8, 4) is 0 Å². The molecule has 0 unspecified atom stereocenters. The molecule has 4 nitrogen and oxygen atoms in total. The minimum Gasteiger partial charge on any atom is -0.415 e. The van der Waals surface area contributed by atoms with Gasteiger partial charge in [0.2, 0.25) is 0 Å². The molecule has 1 saturated heterocycles. The van der Waals surface area contributed by atoms with E-state index < -0.39 is 16.6 Å². The molecule has 0 aliphatic carbocycles. The van der Waals surface area contributed by atoms with Crippen LogP contribution in [-0.4, -0.2) is 52.9 Å². The van der Waals surface area contributed by atoms with Gasteiger partial charge < -0.3 is 13.6 Å². The Morgan fingerprint density at radius 2 is 1.25 bits per heavy atom. The highest BCUT2D eigenvalue weighted by Gasteiger charge is 2.52. The lowest BCUT2D eigenvalue weighted by Crippen LogP contribution is -2.71. The molecule has 3 atom stereocenters. The molecule has 2 aromatic carbocycles. The third-order valence-electron chi connectivity index (χ3n) is 10.7. The van der Waals surface area contributed by atoms with Crippen LogP contribution >= 0.6 is 0 Å². The number of unbranched alkanes of at least 4 members (excludes halogenated alkanes) is 5. The van der Waals surface area contributed by atoms with Gasteiger partial charge in [0.05, 0.1) is 25.4 Å². The van der Waals surface area contributed by atoms with Gasteiger partial charge in [-0.15, -0.1) is 0 Å². The van der Waals surface area contributed by atoms with Gasteiger partial charge in [-0.2, -0.15) is 0 Å². The van der Waals surface area contributed by atoms with E-state index in [1.165, 1.54) is 67.8 Å². The lowest BCUT2D eigenvalue weighted by molar-refractivity contribution is -0.132. The Morgan fingerprint density at radius 3 is 1.82 bits per heavy atom. The maximum Gasteiger partial charge on any atom is 0.192 e. The van der Waals surface area contributed by atoms with Crippen molar-refractivity contribution in [2.24, 2.45) is 0 Å². The molecule has 248 valence electrons. The van der Waals surface area contributed by atoms with E-state index in [1.807, 2.05) is 0 Å². The minimum absolute atomic E-state index is 0.208. The molecule has 44 heavy (non-hydrogen) atoms.